The first kappa shape index (κ1) is 17.4. The van der Waals surface area contributed by atoms with Crippen LogP contribution in [0.15, 0.2) is 54.6 Å². The molecular weight excluding hydrogens is 343 g/mol. The van der Waals surface area contributed by atoms with Crippen LogP contribution >= 0.6 is 0 Å². The minimum Gasteiger partial charge on any atom is -0.323 e. The molecule has 1 aliphatic heterocycles. The first-order chi connectivity index (χ1) is 12.0. The van der Waals surface area contributed by atoms with Crippen molar-refractivity contribution in [2.75, 3.05) is 24.2 Å². The van der Waals surface area contributed by atoms with Crippen LogP contribution < -0.4 is 5.32 Å². The Kier molecular flexibility index (Phi) is 5.03. The van der Waals surface area contributed by atoms with E-state index in [1.165, 1.54) is 23.1 Å². The molecule has 1 N–H and O–H groups in total. The van der Waals surface area contributed by atoms with Gasteiger partial charge in [-0.05, 0) is 24.1 Å². The van der Waals surface area contributed by atoms with Gasteiger partial charge in [0.1, 0.15) is 5.82 Å². The van der Waals surface area contributed by atoms with Crippen molar-refractivity contribution >= 4 is 21.6 Å². The highest BCUT2D eigenvalue weighted by Crippen LogP contribution is 2.29. The first-order valence-corrected chi connectivity index (χ1v) is 9.76. The topological polar surface area (TPSA) is 66.5 Å². The molecule has 3 rings (SSSR count). The molecule has 25 heavy (non-hydrogen) atoms. The standard InChI is InChI=1S/C18H19FN2O3S/c19-15-8-4-5-9-16(15)20-18(22)21-11-10-17(25(23,24)13-12-21)14-6-2-1-3-7-14/h1-9,17H,10-13H2,(H,20,22)/t17-/m0/s1. The Bertz CT molecular complexity index is 856. The van der Waals surface area contributed by atoms with E-state index in [4.69, 9.17) is 0 Å². The predicted molar refractivity (Wildman–Crippen MR) is 94.6 cm³/mol. The third-order valence-electron chi connectivity index (χ3n) is 4.31. The number of nitrogens with one attached hydrogen (secondary N) is 1. The Balaban J connectivity index is 1.74. The first-order valence-electron chi connectivity index (χ1n) is 8.04. The van der Waals surface area contributed by atoms with E-state index in [0.29, 0.717) is 13.0 Å². The molecule has 7 heteroatoms. The molecule has 132 valence electrons. The Morgan fingerprint density at radius 3 is 2.44 bits per heavy atom. The molecule has 0 aromatic heterocycles. The molecule has 1 aliphatic rings. The third-order valence-corrected chi connectivity index (χ3v) is 6.44. The lowest BCUT2D eigenvalue weighted by Crippen LogP contribution is -2.37. The molecule has 5 nitrogen and oxygen atoms in total. The number of para-hydroxylation sites is 1. The van der Waals surface area contributed by atoms with Crippen LogP contribution in [0.3, 0.4) is 0 Å². The number of urea groups is 1. The molecule has 2 amide bonds. The van der Waals surface area contributed by atoms with Gasteiger partial charge >= 0.3 is 6.03 Å². The second-order valence-corrected chi connectivity index (χ2v) is 8.26. The number of anilines is 1. The molecule has 0 bridgehead atoms. The zero-order chi connectivity index (χ0) is 17.9. The van der Waals surface area contributed by atoms with Gasteiger partial charge in [0.15, 0.2) is 9.84 Å². The number of benzene rings is 2. The Labute approximate surface area is 146 Å². The van der Waals surface area contributed by atoms with Gasteiger partial charge in [0, 0.05) is 13.1 Å². The van der Waals surface area contributed by atoms with Gasteiger partial charge in [-0.15, -0.1) is 0 Å². The van der Waals surface area contributed by atoms with Gasteiger partial charge in [0.25, 0.3) is 0 Å². The van der Waals surface area contributed by atoms with Crippen LogP contribution in [-0.4, -0.2) is 38.2 Å². The SMILES string of the molecule is O=C(Nc1ccccc1F)N1CC[C@@H](c2ccccc2)S(=O)(=O)CC1. The highest BCUT2D eigenvalue weighted by molar-refractivity contribution is 7.91. The summed E-state index contributed by atoms with van der Waals surface area (Å²) in [5.41, 5.74) is 0.818. The van der Waals surface area contributed by atoms with Crippen molar-refractivity contribution in [2.45, 2.75) is 11.7 Å². The number of sulfone groups is 1. The minimum absolute atomic E-state index is 0.0826. The summed E-state index contributed by atoms with van der Waals surface area (Å²) < 4.78 is 38.8. The molecule has 2 aromatic carbocycles. The zero-order valence-corrected chi connectivity index (χ0v) is 14.4. The van der Waals surface area contributed by atoms with Crippen molar-refractivity contribution in [2.24, 2.45) is 0 Å². The number of rotatable bonds is 2. The van der Waals surface area contributed by atoms with E-state index in [-0.39, 0.29) is 18.0 Å². The maximum absolute atomic E-state index is 13.7. The monoisotopic (exact) mass is 362 g/mol. The third kappa shape index (κ3) is 3.99. The van der Waals surface area contributed by atoms with Gasteiger partial charge < -0.3 is 10.2 Å². The highest BCUT2D eigenvalue weighted by Gasteiger charge is 2.32. The quantitative estimate of drug-likeness (QED) is 0.892. The van der Waals surface area contributed by atoms with E-state index in [9.17, 15) is 17.6 Å². The summed E-state index contributed by atoms with van der Waals surface area (Å²) >= 11 is 0. The van der Waals surface area contributed by atoms with Gasteiger partial charge in [-0.3, -0.25) is 0 Å². The van der Waals surface area contributed by atoms with Gasteiger partial charge in [0.2, 0.25) is 0 Å². The molecule has 1 saturated heterocycles. The number of carbonyl (C=O) groups excluding carboxylic acids is 1. The van der Waals surface area contributed by atoms with Gasteiger partial charge in [-0.2, -0.15) is 0 Å². The normalized spacial score (nSPS) is 19.9. The fourth-order valence-corrected chi connectivity index (χ4v) is 4.74. The van der Waals surface area contributed by atoms with E-state index in [0.717, 1.165) is 5.56 Å². The van der Waals surface area contributed by atoms with Gasteiger partial charge in [0.05, 0.1) is 16.7 Å². The summed E-state index contributed by atoms with van der Waals surface area (Å²) in [7, 11) is -3.36. The van der Waals surface area contributed by atoms with Crippen molar-refractivity contribution in [1.82, 2.24) is 4.90 Å². The summed E-state index contributed by atoms with van der Waals surface area (Å²) in [5, 5.41) is 1.88. The maximum atomic E-state index is 13.7. The van der Waals surface area contributed by atoms with Crippen LogP contribution in [0.1, 0.15) is 17.2 Å². The summed E-state index contributed by atoms with van der Waals surface area (Å²) in [4.78, 5) is 13.8. The zero-order valence-electron chi connectivity index (χ0n) is 13.6. The minimum atomic E-state index is -3.36. The molecular formula is C18H19FN2O3S. The second kappa shape index (κ2) is 7.23. The highest BCUT2D eigenvalue weighted by atomic mass is 32.2. The Hall–Kier alpha value is -2.41. The summed E-state index contributed by atoms with van der Waals surface area (Å²) in [6, 6.07) is 14.4. The summed E-state index contributed by atoms with van der Waals surface area (Å²) in [5.74, 6) is -0.641. The van der Waals surface area contributed by atoms with Crippen molar-refractivity contribution in [3.63, 3.8) is 0 Å². The summed E-state index contributed by atoms with van der Waals surface area (Å²) in [6.07, 6.45) is 0.317. The van der Waals surface area contributed by atoms with Crippen molar-refractivity contribution in [3.8, 4) is 0 Å². The lowest BCUT2D eigenvalue weighted by atomic mass is 10.1. The van der Waals surface area contributed by atoms with Crippen molar-refractivity contribution < 1.29 is 17.6 Å². The predicted octanol–water partition coefficient (Wildman–Crippen LogP) is 3.22. The van der Waals surface area contributed by atoms with Gasteiger partial charge in [-0.1, -0.05) is 42.5 Å². The number of halogens is 1. The van der Waals surface area contributed by atoms with Crippen LogP contribution in [0.25, 0.3) is 0 Å². The van der Waals surface area contributed by atoms with Crippen LogP contribution in [0, 0.1) is 5.82 Å². The van der Waals surface area contributed by atoms with E-state index in [1.807, 2.05) is 6.07 Å². The fourth-order valence-electron chi connectivity index (χ4n) is 2.95. The molecule has 1 atom stereocenters. The largest absolute Gasteiger partial charge is 0.323 e. The molecule has 0 unspecified atom stereocenters. The van der Waals surface area contributed by atoms with E-state index >= 15 is 0 Å². The average molecular weight is 362 g/mol. The second-order valence-electron chi connectivity index (χ2n) is 5.95. The molecule has 1 heterocycles. The molecule has 1 fully saturated rings. The average Bonchev–Trinajstić information content (AvgIpc) is 2.76. The van der Waals surface area contributed by atoms with Crippen LogP contribution in [0.5, 0.6) is 0 Å². The number of carbonyl (C=O) groups is 1. The molecule has 0 spiro atoms. The van der Waals surface area contributed by atoms with Crippen molar-refractivity contribution in [1.29, 1.82) is 0 Å². The van der Waals surface area contributed by atoms with Crippen molar-refractivity contribution in [3.05, 3.63) is 66.0 Å². The number of nitrogens with zero attached hydrogens (tertiary/aromatic N) is 1. The fraction of sp³-hybridized carbons (Fsp3) is 0.278. The maximum Gasteiger partial charge on any atom is 0.321 e. The number of hydrogen-bond donors (Lipinski definition) is 1. The summed E-state index contributed by atoms with van der Waals surface area (Å²) in [6.45, 7) is 0.380. The molecule has 0 saturated carbocycles. The Morgan fingerprint density at radius 2 is 1.72 bits per heavy atom. The number of amides is 2. The van der Waals surface area contributed by atoms with Crippen LogP contribution in [0.4, 0.5) is 14.9 Å². The molecule has 0 aliphatic carbocycles. The lowest BCUT2D eigenvalue weighted by Gasteiger charge is -2.20. The molecule has 2 aromatic rings. The van der Waals surface area contributed by atoms with Gasteiger partial charge in [-0.25, -0.2) is 17.6 Å². The number of hydrogen-bond acceptors (Lipinski definition) is 3. The Morgan fingerprint density at radius 1 is 1.04 bits per heavy atom. The van der Waals surface area contributed by atoms with E-state index < -0.39 is 26.9 Å². The molecule has 0 radical (unpaired) electrons. The lowest BCUT2D eigenvalue weighted by molar-refractivity contribution is 0.215. The van der Waals surface area contributed by atoms with E-state index in [1.54, 1.807) is 30.3 Å². The van der Waals surface area contributed by atoms with Crippen LogP contribution in [0.2, 0.25) is 0 Å². The van der Waals surface area contributed by atoms with E-state index in [2.05, 4.69) is 5.32 Å². The van der Waals surface area contributed by atoms with Crippen LogP contribution in [-0.2, 0) is 9.84 Å². The smallest absolute Gasteiger partial charge is 0.321 e.